The van der Waals surface area contributed by atoms with Crippen molar-refractivity contribution in [3.63, 3.8) is 0 Å². The van der Waals surface area contributed by atoms with Gasteiger partial charge in [0.05, 0.1) is 26.9 Å². The standard InChI is InChI=1S/C21H29NO5/c1-3-12-25-18-6-4-16(15-19(18)24-2)5-7-20(23)22-10-8-17(9-11-22)21-26-13-14-27-21/h4-7,15,17,21H,3,8-14H2,1-2H3/b7-5+. The zero-order valence-corrected chi connectivity index (χ0v) is 16.2. The molecule has 0 radical (unpaired) electrons. The van der Waals surface area contributed by atoms with Crippen LogP contribution in [-0.2, 0) is 14.3 Å². The highest BCUT2D eigenvalue weighted by molar-refractivity contribution is 5.91. The van der Waals surface area contributed by atoms with Gasteiger partial charge in [0.2, 0.25) is 5.91 Å². The highest BCUT2D eigenvalue weighted by Crippen LogP contribution is 2.29. The zero-order chi connectivity index (χ0) is 19.1. The first-order valence-corrected chi connectivity index (χ1v) is 9.72. The van der Waals surface area contributed by atoms with Crippen LogP contribution in [-0.4, -0.2) is 57.1 Å². The molecule has 0 spiro atoms. The van der Waals surface area contributed by atoms with Crippen molar-refractivity contribution >= 4 is 12.0 Å². The third kappa shape index (κ3) is 5.23. The zero-order valence-electron chi connectivity index (χ0n) is 16.2. The van der Waals surface area contributed by atoms with Crippen molar-refractivity contribution < 1.29 is 23.7 Å². The van der Waals surface area contributed by atoms with Crippen LogP contribution in [0.3, 0.4) is 0 Å². The SMILES string of the molecule is CCCOc1ccc(/C=C/C(=O)N2CCC(C3OCCO3)CC2)cc1OC. The smallest absolute Gasteiger partial charge is 0.246 e. The lowest BCUT2D eigenvalue weighted by atomic mass is 9.96. The van der Waals surface area contributed by atoms with Gasteiger partial charge in [0.1, 0.15) is 0 Å². The third-order valence-corrected chi connectivity index (χ3v) is 4.95. The topological polar surface area (TPSA) is 57.2 Å². The summed E-state index contributed by atoms with van der Waals surface area (Å²) >= 11 is 0. The van der Waals surface area contributed by atoms with Gasteiger partial charge in [-0.2, -0.15) is 0 Å². The first-order chi connectivity index (χ1) is 13.2. The van der Waals surface area contributed by atoms with E-state index in [9.17, 15) is 4.79 Å². The highest BCUT2D eigenvalue weighted by atomic mass is 16.7. The normalized spacial score (nSPS) is 19.0. The molecule has 0 aromatic heterocycles. The van der Waals surface area contributed by atoms with Gasteiger partial charge in [0, 0.05) is 25.1 Å². The van der Waals surface area contributed by atoms with Gasteiger partial charge in [-0.15, -0.1) is 0 Å². The van der Waals surface area contributed by atoms with Crippen LogP contribution in [0, 0.1) is 5.92 Å². The number of benzene rings is 1. The van der Waals surface area contributed by atoms with Crippen molar-refractivity contribution in [3.8, 4) is 11.5 Å². The lowest BCUT2D eigenvalue weighted by Crippen LogP contribution is -2.40. The van der Waals surface area contributed by atoms with Gasteiger partial charge in [0.15, 0.2) is 17.8 Å². The molecular formula is C21H29NO5. The Morgan fingerprint density at radius 2 is 1.96 bits per heavy atom. The number of hydrogen-bond acceptors (Lipinski definition) is 5. The van der Waals surface area contributed by atoms with Crippen molar-refractivity contribution in [1.29, 1.82) is 0 Å². The molecule has 0 unspecified atom stereocenters. The number of carbonyl (C=O) groups excluding carboxylic acids is 1. The predicted molar refractivity (Wildman–Crippen MR) is 103 cm³/mol. The summed E-state index contributed by atoms with van der Waals surface area (Å²) < 4.78 is 22.2. The highest BCUT2D eigenvalue weighted by Gasteiger charge is 2.31. The molecule has 6 heteroatoms. The van der Waals surface area contributed by atoms with Gasteiger partial charge in [0.25, 0.3) is 0 Å². The lowest BCUT2D eigenvalue weighted by Gasteiger charge is -2.33. The van der Waals surface area contributed by atoms with Crippen LogP contribution < -0.4 is 9.47 Å². The van der Waals surface area contributed by atoms with E-state index in [1.54, 1.807) is 13.2 Å². The van der Waals surface area contributed by atoms with Crippen molar-refractivity contribution in [3.05, 3.63) is 29.8 Å². The van der Waals surface area contributed by atoms with Gasteiger partial charge < -0.3 is 23.8 Å². The van der Waals surface area contributed by atoms with Crippen LogP contribution >= 0.6 is 0 Å². The summed E-state index contributed by atoms with van der Waals surface area (Å²) in [6.07, 6.45) is 6.14. The van der Waals surface area contributed by atoms with E-state index in [1.165, 1.54) is 0 Å². The number of nitrogens with zero attached hydrogens (tertiary/aromatic N) is 1. The minimum absolute atomic E-state index is 0.0342. The molecule has 0 aliphatic carbocycles. The molecule has 2 aliphatic rings. The summed E-state index contributed by atoms with van der Waals surface area (Å²) in [5, 5.41) is 0. The summed E-state index contributed by atoms with van der Waals surface area (Å²) in [7, 11) is 1.62. The fourth-order valence-corrected chi connectivity index (χ4v) is 3.43. The molecule has 0 saturated carbocycles. The largest absolute Gasteiger partial charge is 0.493 e. The van der Waals surface area contributed by atoms with Crippen LogP contribution in [0.25, 0.3) is 6.08 Å². The third-order valence-electron chi connectivity index (χ3n) is 4.95. The summed E-state index contributed by atoms with van der Waals surface area (Å²) in [6, 6.07) is 5.69. The Kier molecular flexibility index (Phi) is 7.12. The monoisotopic (exact) mass is 375 g/mol. The summed E-state index contributed by atoms with van der Waals surface area (Å²) in [5.41, 5.74) is 0.909. The van der Waals surface area contributed by atoms with Crippen molar-refractivity contribution in [2.24, 2.45) is 5.92 Å². The van der Waals surface area contributed by atoms with E-state index in [0.717, 1.165) is 43.7 Å². The van der Waals surface area contributed by atoms with Gasteiger partial charge in [-0.25, -0.2) is 0 Å². The Labute approximate surface area is 161 Å². The molecule has 3 rings (SSSR count). The summed E-state index contributed by atoms with van der Waals surface area (Å²) in [4.78, 5) is 14.4. The average molecular weight is 375 g/mol. The molecule has 0 atom stereocenters. The molecule has 2 saturated heterocycles. The van der Waals surface area contributed by atoms with Crippen LogP contribution in [0.4, 0.5) is 0 Å². The first kappa shape index (κ1) is 19.7. The fraction of sp³-hybridized carbons (Fsp3) is 0.571. The van der Waals surface area contributed by atoms with Gasteiger partial charge in [-0.05, 0) is 43.0 Å². The molecule has 2 fully saturated rings. The van der Waals surface area contributed by atoms with Crippen LogP contribution in [0.15, 0.2) is 24.3 Å². The second kappa shape index (κ2) is 9.76. The number of amides is 1. The molecule has 2 heterocycles. The van der Waals surface area contributed by atoms with Crippen molar-refractivity contribution in [2.75, 3.05) is 40.0 Å². The van der Waals surface area contributed by atoms with Gasteiger partial charge in [-0.1, -0.05) is 13.0 Å². The molecule has 148 valence electrons. The molecule has 2 aliphatic heterocycles. The number of methoxy groups -OCH3 is 1. The summed E-state index contributed by atoms with van der Waals surface area (Å²) in [6.45, 7) is 5.55. The number of ether oxygens (including phenoxy) is 4. The van der Waals surface area contributed by atoms with Crippen LogP contribution in [0.1, 0.15) is 31.7 Å². The van der Waals surface area contributed by atoms with Gasteiger partial charge in [-0.3, -0.25) is 4.79 Å². The van der Waals surface area contributed by atoms with E-state index >= 15 is 0 Å². The average Bonchev–Trinajstić information content (AvgIpc) is 3.25. The van der Waals surface area contributed by atoms with E-state index in [-0.39, 0.29) is 12.2 Å². The fourth-order valence-electron chi connectivity index (χ4n) is 3.43. The minimum atomic E-state index is -0.0845. The number of likely N-dealkylation sites (tertiary alicyclic amines) is 1. The second-order valence-electron chi connectivity index (χ2n) is 6.86. The molecule has 0 N–H and O–H groups in total. The molecule has 1 aromatic rings. The number of carbonyl (C=O) groups is 1. The maximum Gasteiger partial charge on any atom is 0.246 e. The van der Waals surface area contributed by atoms with Crippen molar-refractivity contribution in [2.45, 2.75) is 32.5 Å². The van der Waals surface area contributed by atoms with E-state index < -0.39 is 0 Å². The van der Waals surface area contributed by atoms with E-state index in [1.807, 2.05) is 29.2 Å². The molecule has 1 aromatic carbocycles. The molecular weight excluding hydrogens is 346 g/mol. The summed E-state index contributed by atoms with van der Waals surface area (Å²) in [5.74, 6) is 1.82. The van der Waals surface area contributed by atoms with Crippen LogP contribution in [0.2, 0.25) is 0 Å². The molecule has 1 amide bonds. The Bertz CT molecular complexity index is 646. The molecule has 0 bridgehead atoms. The second-order valence-corrected chi connectivity index (χ2v) is 6.86. The Morgan fingerprint density at radius 3 is 2.63 bits per heavy atom. The Hall–Kier alpha value is -2.05. The number of rotatable bonds is 7. The van der Waals surface area contributed by atoms with E-state index in [0.29, 0.717) is 31.5 Å². The Morgan fingerprint density at radius 1 is 1.22 bits per heavy atom. The van der Waals surface area contributed by atoms with Gasteiger partial charge >= 0.3 is 0 Å². The Balaban J connectivity index is 1.53. The number of piperidine rings is 1. The maximum absolute atomic E-state index is 12.5. The molecule has 27 heavy (non-hydrogen) atoms. The quantitative estimate of drug-likeness (QED) is 0.686. The van der Waals surface area contributed by atoms with E-state index in [4.69, 9.17) is 18.9 Å². The number of hydrogen-bond donors (Lipinski definition) is 0. The lowest BCUT2D eigenvalue weighted by molar-refractivity contribution is -0.131. The van der Waals surface area contributed by atoms with Crippen LogP contribution in [0.5, 0.6) is 11.5 Å². The maximum atomic E-state index is 12.5. The van der Waals surface area contributed by atoms with E-state index in [2.05, 4.69) is 6.92 Å². The minimum Gasteiger partial charge on any atom is -0.493 e. The van der Waals surface area contributed by atoms with Crippen molar-refractivity contribution in [1.82, 2.24) is 4.90 Å². The predicted octanol–water partition coefficient (Wildman–Crippen LogP) is 3.11. The molecule has 6 nitrogen and oxygen atoms in total. The first-order valence-electron chi connectivity index (χ1n) is 9.72.